The highest BCUT2D eigenvalue weighted by Gasteiger charge is 2.33. The van der Waals surface area contributed by atoms with Gasteiger partial charge in [-0.05, 0) is 47.8 Å². The number of hydrogen-bond donors (Lipinski definition) is 3. The molecule has 33 heavy (non-hydrogen) atoms. The van der Waals surface area contributed by atoms with Crippen molar-refractivity contribution >= 4 is 40.6 Å². The molecule has 1 atom stereocenters. The highest BCUT2D eigenvalue weighted by atomic mass is 32.1. The molecule has 5 N–H and O–H groups in total. The Bertz CT molecular complexity index is 1130. The number of anilines is 2. The number of ether oxygens (including phenoxy) is 1. The van der Waals surface area contributed by atoms with Crippen LogP contribution >= 0.6 is 11.5 Å². The van der Waals surface area contributed by atoms with Gasteiger partial charge in [0.15, 0.2) is 5.69 Å². The van der Waals surface area contributed by atoms with Crippen LogP contribution in [0.15, 0.2) is 54.6 Å². The summed E-state index contributed by atoms with van der Waals surface area (Å²) in [7, 11) is 1.53. The summed E-state index contributed by atoms with van der Waals surface area (Å²) >= 11 is 0.770. The highest BCUT2D eigenvalue weighted by Crippen LogP contribution is 2.29. The molecule has 3 rings (SSSR count). The molecule has 3 aromatic rings. The van der Waals surface area contributed by atoms with Crippen LogP contribution in [0.1, 0.15) is 39.1 Å². The topological polar surface area (TPSA) is 141 Å². The molecule has 0 aliphatic rings. The van der Waals surface area contributed by atoms with Crippen molar-refractivity contribution in [3.05, 3.63) is 70.7 Å². The van der Waals surface area contributed by atoms with Crippen LogP contribution in [-0.2, 0) is 11.3 Å². The van der Waals surface area contributed by atoms with Crippen LogP contribution in [0.5, 0.6) is 5.75 Å². The van der Waals surface area contributed by atoms with E-state index in [4.69, 9.17) is 16.2 Å². The van der Waals surface area contributed by atoms with E-state index in [0.29, 0.717) is 24.4 Å². The predicted octanol–water partition coefficient (Wildman–Crippen LogP) is 2.57. The van der Waals surface area contributed by atoms with Crippen LogP contribution in [0.3, 0.4) is 0 Å². The average molecular weight is 468 g/mol. The smallest absolute Gasteiger partial charge is 0.272 e. The van der Waals surface area contributed by atoms with E-state index in [1.54, 1.807) is 31.2 Å². The third-order valence-corrected chi connectivity index (χ3v) is 5.89. The lowest BCUT2D eigenvalue weighted by Crippen LogP contribution is -2.49. The molecule has 172 valence electrons. The molecule has 0 radical (unpaired) electrons. The molecule has 1 aromatic heterocycles. The lowest BCUT2D eigenvalue weighted by Gasteiger charge is -2.30. The first kappa shape index (κ1) is 23.7. The van der Waals surface area contributed by atoms with E-state index in [1.165, 1.54) is 12.0 Å². The Morgan fingerprint density at radius 2 is 1.79 bits per heavy atom. The Labute approximate surface area is 195 Å². The van der Waals surface area contributed by atoms with Crippen molar-refractivity contribution < 1.29 is 19.1 Å². The molecule has 0 aliphatic carbocycles. The summed E-state index contributed by atoms with van der Waals surface area (Å²) in [5.74, 6) is -1.11. The van der Waals surface area contributed by atoms with Crippen molar-refractivity contribution in [3.8, 4) is 5.75 Å². The van der Waals surface area contributed by atoms with Gasteiger partial charge in [0.1, 0.15) is 16.7 Å². The molecular formula is C23H25N5O4S. The van der Waals surface area contributed by atoms with Crippen molar-refractivity contribution in [3.63, 3.8) is 0 Å². The molecule has 0 spiro atoms. The van der Waals surface area contributed by atoms with Gasteiger partial charge in [-0.1, -0.05) is 37.3 Å². The molecule has 2 aromatic carbocycles. The normalized spacial score (nSPS) is 11.5. The first-order valence-corrected chi connectivity index (χ1v) is 11.0. The third-order valence-electron chi connectivity index (χ3n) is 5.04. The largest absolute Gasteiger partial charge is 0.497 e. The minimum atomic E-state index is -0.840. The number of primary amides is 1. The van der Waals surface area contributed by atoms with Crippen LogP contribution in [-0.4, -0.2) is 35.2 Å². The van der Waals surface area contributed by atoms with Gasteiger partial charge in [-0.3, -0.25) is 19.3 Å². The van der Waals surface area contributed by atoms with Crippen molar-refractivity contribution in [2.24, 2.45) is 5.73 Å². The number of nitrogens with two attached hydrogens (primary N) is 2. The maximum absolute atomic E-state index is 13.6. The van der Waals surface area contributed by atoms with Crippen LogP contribution in [0.4, 0.5) is 11.4 Å². The molecule has 0 saturated carbocycles. The highest BCUT2D eigenvalue weighted by molar-refractivity contribution is 7.09. The molecule has 0 bridgehead atoms. The standard InChI is InChI=1S/C23H25N5O4S/c1-3-17(22(30)26-13-14-7-5-4-6-8-14)28(15-9-11-16(32-2)12-10-15)23(31)20-18(24)19(21(25)29)27-33-20/h4-12,17H,3,13,24H2,1-2H3,(H2,25,29)(H,26,30). The van der Waals surface area contributed by atoms with E-state index in [2.05, 4.69) is 9.69 Å². The predicted molar refractivity (Wildman–Crippen MR) is 127 cm³/mol. The first-order chi connectivity index (χ1) is 15.9. The van der Waals surface area contributed by atoms with Crippen molar-refractivity contribution in [1.82, 2.24) is 9.69 Å². The van der Waals surface area contributed by atoms with Gasteiger partial charge in [-0.2, -0.15) is 4.37 Å². The average Bonchev–Trinajstić information content (AvgIpc) is 3.23. The summed E-state index contributed by atoms with van der Waals surface area (Å²) in [6.45, 7) is 2.12. The number of nitrogen functional groups attached to an aromatic ring is 1. The molecule has 3 amide bonds. The zero-order chi connectivity index (χ0) is 24.0. The first-order valence-electron chi connectivity index (χ1n) is 10.2. The van der Waals surface area contributed by atoms with E-state index < -0.39 is 17.9 Å². The molecule has 0 aliphatic heterocycles. The molecule has 9 nitrogen and oxygen atoms in total. The molecular weight excluding hydrogens is 442 g/mol. The third kappa shape index (κ3) is 5.29. The van der Waals surface area contributed by atoms with Crippen molar-refractivity contribution in [1.29, 1.82) is 0 Å². The molecule has 0 fully saturated rings. The Hall–Kier alpha value is -3.92. The SMILES string of the molecule is CCC(C(=O)NCc1ccccc1)N(C(=O)c1snc(C(N)=O)c1N)c1ccc(OC)cc1. The summed E-state index contributed by atoms with van der Waals surface area (Å²) < 4.78 is 9.12. The monoisotopic (exact) mass is 467 g/mol. The number of hydrogen-bond acceptors (Lipinski definition) is 7. The van der Waals surface area contributed by atoms with Gasteiger partial charge in [0.05, 0.1) is 12.8 Å². The fourth-order valence-electron chi connectivity index (χ4n) is 3.31. The summed E-state index contributed by atoms with van der Waals surface area (Å²) in [5.41, 5.74) is 12.4. The Kier molecular flexibility index (Phi) is 7.62. The number of aromatic nitrogens is 1. The summed E-state index contributed by atoms with van der Waals surface area (Å²) in [4.78, 5) is 39.7. The Morgan fingerprint density at radius 1 is 1.12 bits per heavy atom. The van der Waals surface area contributed by atoms with E-state index >= 15 is 0 Å². The lowest BCUT2D eigenvalue weighted by molar-refractivity contribution is -0.122. The lowest BCUT2D eigenvalue weighted by atomic mass is 10.1. The van der Waals surface area contributed by atoms with Gasteiger partial charge >= 0.3 is 0 Å². The minimum Gasteiger partial charge on any atom is -0.497 e. The van der Waals surface area contributed by atoms with Gasteiger partial charge in [0.2, 0.25) is 5.91 Å². The number of methoxy groups -OCH3 is 1. The van der Waals surface area contributed by atoms with E-state index in [-0.39, 0.29) is 22.2 Å². The Morgan fingerprint density at radius 3 is 2.33 bits per heavy atom. The number of benzene rings is 2. The summed E-state index contributed by atoms with van der Waals surface area (Å²) in [5, 5.41) is 2.89. The fourth-order valence-corrected chi connectivity index (χ4v) is 4.05. The number of nitrogens with zero attached hydrogens (tertiary/aromatic N) is 2. The Balaban J connectivity index is 1.96. The van der Waals surface area contributed by atoms with Gasteiger partial charge < -0.3 is 21.5 Å². The second kappa shape index (κ2) is 10.6. The summed E-state index contributed by atoms with van der Waals surface area (Å²) in [6.07, 6.45) is 0.333. The van der Waals surface area contributed by atoms with Crippen molar-refractivity contribution in [2.45, 2.75) is 25.9 Å². The molecule has 0 saturated heterocycles. The molecule has 1 heterocycles. The van der Waals surface area contributed by atoms with Gasteiger partial charge in [-0.15, -0.1) is 0 Å². The fraction of sp³-hybridized carbons (Fsp3) is 0.217. The van der Waals surface area contributed by atoms with Crippen LogP contribution in [0.25, 0.3) is 0 Å². The minimum absolute atomic E-state index is 0.0360. The summed E-state index contributed by atoms with van der Waals surface area (Å²) in [6, 6.07) is 15.4. The van der Waals surface area contributed by atoms with E-state index in [0.717, 1.165) is 17.1 Å². The zero-order valence-corrected chi connectivity index (χ0v) is 19.1. The number of carbonyl (C=O) groups excluding carboxylic acids is 3. The molecule has 10 heteroatoms. The second-order valence-electron chi connectivity index (χ2n) is 7.14. The van der Waals surface area contributed by atoms with E-state index in [9.17, 15) is 14.4 Å². The molecule has 1 unspecified atom stereocenters. The number of carbonyl (C=O) groups is 3. The zero-order valence-electron chi connectivity index (χ0n) is 18.3. The van der Waals surface area contributed by atoms with Crippen LogP contribution < -0.4 is 26.4 Å². The van der Waals surface area contributed by atoms with Gasteiger partial charge in [0.25, 0.3) is 11.8 Å². The van der Waals surface area contributed by atoms with Gasteiger partial charge in [-0.25, -0.2) is 0 Å². The van der Waals surface area contributed by atoms with Crippen molar-refractivity contribution in [2.75, 3.05) is 17.7 Å². The second-order valence-corrected chi connectivity index (χ2v) is 7.91. The number of rotatable bonds is 9. The number of amides is 3. The van der Waals surface area contributed by atoms with Crippen LogP contribution in [0, 0.1) is 0 Å². The van der Waals surface area contributed by atoms with Gasteiger partial charge in [0, 0.05) is 12.2 Å². The quantitative estimate of drug-likeness (QED) is 0.442. The number of nitrogens with one attached hydrogen (secondary N) is 1. The maximum Gasteiger partial charge on any atom is 0.272 e. The maximum atomic E-state index is 13.6. The van der Waals surface area contributed by atoms with E-state index in [1.807, 2.05) is 30.3 Å². The van der Waals surface area contributed by atoms with Crippen LogP contribution in [0.2, 0.25) is 0 Å².